The van der Waals surface area contributed by atoms with Crippen LogP contribution in [0.5, 0.6) is 0 Å². The average molecular weight is 300 g/mol. The number of nitrogens with one attached hydrogen (secondary N) is 1. The second-order valence-electron chi connectivity index (χ2n) is 4.45. The van der Waals surface area contributed by atoms with E-state index in [4.69, 9.17) is 5.11 Å². The lowest BCUT2D eigenvalue weighted by atomic mass is 10.1. The largest absolute Gasteiger partial charge is 0.481 e. The first-order valence-electron chi connectivity index (χ1n) is 6.33. The maximum atomic E-state index is 12.0. The molecule has 0 saturated heterocycles. The second-order valence-corrected chi connectivity index (χ2v) is 6.31. The summed E-state index contributed by atoms with van der Waals surface area (Å²) in [6.45, 7) is 4.23. The van der Waals surface area contributed by atoms with Crippen LogP contribution in [0.1, 0.15) is 13.8 Å². The average Bonchev–Trinajstić information content (AvgIpc) is 2.44. The molecule has 7 heteroatoms. The summed E-state index contributed by atoms with van der Waals surface area (Å²) >= 11 is 0. The van der Waals surface area contributed by atoms with Gasteiger partial charge in [0, 0.05) is 13.1 Å². The molecule has 0 aliphatic rings. The van der Waals surface area contributed by atoms with Gasteiger partial charge in [0.05, 0.1) is 11.6 Å². The Morgan fingerprint density at radius 2 is 2.00 bits per heavy atom. The highest BCUT2D eigenvalue weighted by molar-refractivity contribution is 7.89. The lowest BCUT2D eigenvalue weighted by Gasteiger charge is -2.27. The molecule has 112 valence electrons. The minimum Gasteiger partial charge on any atom is -0.481 e. The van der Waals surface area contributed by atoms with Crippen LogP contribution in [0.2, 0.25) is 0 Å². The molecule has 1 aromatic rings. The maximum Gasteiger partial charge on any atom is 0.308 e. The number of carboxylic acids is 1. The normalized spacial score (nSPS) is 12.9. The van der Waals surface area contributed by atoms with Crippen LogP contribution >= 0.6 is 0 Å². The molecular weight excluding hydrogens is 280 g/mol. The first kappa shape index (κ1) is 16.5. The highest BCUT2D eigenvalue weighted by Crippen LogP contribution is 2.25. The van der Waals surface area contributed by atoms with Gasteiger partial charge < -0.3 is 10.0 Å². The fraction of sp³-hybridized carbons (Fsp3) is 0.462. The van der Waals surface area contributed by atoms with Gasteiger partial charge in [0.1, 0.15) is 4.90 Å². The summed E-state index contributed by atoms with van der Waals surface area (Å²) in [7, 11) is -2.23. The number of hydrogen-bond acceptors (Lipinski definition) is 4. The van der Waals surface area contributed by atoms with Crippen molar-refractivity contribution in [2.45, 2.75) is 18.7 Å². The van der Waals surface area contributed by atoms with Crippen molar-refractivity contribution in [2.75, 3.05) is 25.0 Å². The van der Waals surface area contributed by atoms with E-state index in [1.54, 1.807) is 30.0 Å². The zero-order valence-corrected chi connectivity index (χ0v) is 12.6. The molecule has 0 saturated carbocycles. The van der Waals surface area contributed by atoms with Gasteiger partial charge in [0.15, 0.2) is 0 Å². The minimum atomic E-state index is -3.58. The molecule has 20 heavy (non-hydrogen) atoms. The Morgan fingerprint density at radius 1 is 1.40 bits per heavy atom. The monoisotopic (exact) mass is 300 g/mol. The predicted octanol–water partition coefficient (Wildman–Crippen LogP) is 1.14. The van der Waals surface area contributed by atoms with Crippen LogP contribution in [-0.2, 0) is 14.8 Å². The number of para-hydroxylation sites is 1. The van der Waals surface area contributed by atoms with Crippen molar-refractivity contribution in [1.29, 1.82) is 0 Å². The van der Waals surface area contributed by atoms with Gasteiger partial charge >= 0.3 is 5.97 Å². The minimum absolute atomic E-state index is 0.155. The predicted molar refractivity (Wildman–Crippen MR) is 77.4 cm³/mol. The van der Waals surface area contributed by atoms with Crippen LogP contribution in [0.15, 0.2) is 29.2 Å². The van der Waals surface area contributed by atoms with Crippen LogP contribution in [0.4, 0.5) is 5.69 Å². The second kappa shape index (κ2) is 6.71. The van der Waals surface area contributed by atoms with Crippen molar-refractivity contribution in [3.8, 4) is 0 Å². The van der Waals surface area contributed by atoms with Crippen LogP contribution < -0.4 is 9.62 Å². The summed E-state index contributed by atoms with van der Waals surface area (Å²) in [6, 6.07) is 6.57. The summed E-state index contributed by atoms with van der Waals surface area (Å²) in [5.74, 6) is -1.49. The van der Waals surface area contributed by atoms with Gasteiger partial charge in [0.2, 0.25) is 10.0 Å². The van der Waals surface area contributed by atoms with Crippen LogP contribution in [0.3, 0.4) is 0 Å². The van der Waals surface area contributed by atoms with Crippen molar-refractivity contribution < 1.29 is 18.3 Å². The van der Waals surface area contributed by atoms with E-state index in [1.807, 2.05) is 6.92 Å². The summed E-state index contributed by atoms with van der Waals surface area (Å²) < 4.78 is 26.3. The Morgan fingerprint density at radius 3 is 2.50 bits per heavy atom. The van der Waals surface area contributed by atoms with Crippen molar-refractivity contribution in [3.05, 3.63) is 24.3 Å². The Balaban J connectivity index is 3.20. The number of benzene rings is 1. The van der Waals surface area contributed by atoms with Gasteiger partial charge in [-0.25, -0.2) is 13.1 Å². The smallest absolute Gasteiger partial charge is 0.308 e. The van der Waals surface area contributed by atoms with Gasteiger partial charge in [-0.3, -0.25) is 4.79 Å². The number of aliphatic carboxylic acids is 1. The van der Waals surface area contributed by atoms with Gasteiger partial charge in [-0.05, 0) is 26.1 Å². The number of hydrogen-bond donors (Lipinski definition) is 2. The van der Waals surface area contributed by atoms with Gasteiger partial charge in [-0.15, -0.1) is 0 Å². The number of sulfonamides is 1. The lowest BCUT2D eigenvalue weighted by molar-refractivity contribution is -0.140. The molecule has 0 aliphatic heterocycles. The fourth-order valence-corrected chi connectivity index (χ4v) is 2.81. The number of rotatable bonds is 7. The van der Waals surface area contributed by atoms with E-state index in [-0.39, 0.29) is 11.4 Å². The Bertz CT molecular complexity index is 571. The first-order valence-corrected chi connectivity index (χ1v) is 7.82. The van der Waals surface area contributed by atoms with Crippen LogP contribution in [-0.4, -0.2) is 39.6 Å². The van der Waals surface area contributed by atoms with Gasteiger partial charge in [0.25, 0.3) is 0 Å². The standard InChI is InChI=1S/C13H20N2O4S/c1-4-15(9-10(2)13(16)17)11-7-5-6-8-12(11)20(18,19)14-3/h5-8,10,14H,4,9H2,1-3H3,(H,16,17). The van der Waals surface area contributed by atoms with E-state index in [0.29, 0.717) is 12.2 Å². The molecule has 0 radical (unpaired) electrons. The Labute approximate surface area is 119 Å². The molecule has 0 spiro atoms. The quantitative estimate of drug-likeness (QED) is 0.788. The maximum absolute atomic E-state index is 12.0. The fourth-order valence-electron chi connectivity index (χ4n) is 1.86. The van der Waals surface area contributed by atoms with E-state index in [0.717, 1.165) is 0 Å². The molecule has 2 N–H and O–H groups in total. The van der Waals surface area contributed by atoms with Crippen molar-refractivity contribution in [2.24, 2.45) is 5.92 Å². The SMILES string of the molecule is CCN(CC(C)C(=O)O)c1ccccc1S(=O)(=O)NC. The summed E-state index contributed by atoms with van der Waals surface area (Å²) in [5.41, 5.74) is 0.512. The highest BCUT2D eigenvalue weighted by atomic mass is 32.2. The zero-order valence-electron chi connectivity index (χ0n) is 11.8. The molecule has 0 aromatic heterocycles. The van der Waals surface area contributed by atoms with Gasteiger partial charge in [-0.2, -0.15) is 0 Å². The van der Waals surface area contributed by atoms with E-state index in [9.17, 15) is 13.2 Å². The molecular formula is C13H20N2O4S. The number of anilines is 1. The van der Waals surface area contributed by atoms with Crippen molar-refractivity contribution >= 4 is 21.7 Å². The third kappa shape index (κ3) is 3.71. The summed E-state index contributed by atoms with van der Waals surface area (Å²) in [6.07, 6.45) is 0. The first-order chi connectivity index (χ1) is 9.33. The molecule has 0 bridgehead atoms. The molecule has 0 aliphatic carbocycles. The zero-order chi connectivity index (χ0) is 15.3. The molecule has 1 aromatic carbocycles. The number of carboxylic acid groups (broad SMARTS) is 1. The van der Waals surface area contributed by atoms with E-state index < -0.39 is 21.9 Å². The van der Waals surface area contributed by atoms with Crippen LogP contribution in [0, 0.1) is 5.92 Å². The topological polar surface area (TPSA) is 86.7 Å². The third-order valence-corrected chi connectivity index (χ3v) is 4.52. The number of carbonyl (C=O) groups is 1. The molecule has 0 fully saturated rings. The molecule has 1 rings (SSSR count). The lowest BCUT2D eigenvalue weighted by Crippen LogP contribution is -2.33. The third-order valence-electron chi connectivity index (χ3n) is 3.06. The molecule has 1 atom stereocenters. The summed E-state index contributed by atoms with van der Waals surface area (Å²) in [4.78, 5) is 12.9. The highest BCUT2D eigenvalue weighted by Gasteiger charge is 2.22. The molecule has 0 heterocycles. The van der Waals surface area contributed by atoms with Crippen LogP contribution in [0.25, 0.3) is 0 Å². The Hall–Kier alpha value is -1.60. The Kier molecular flexibility index (Phi) is 5.52. The van der Waals surface area contributed by atoms with Crippen molar-refractivity contribution in [3.63, 3.8) is 0 Å². The van der Waals surface area contributed by atoms with E-state index in [1.165, 1.54) is 13.1 Å². The number of nitrogens with zero attached hydrogens (tertiary/aromatic N) is 1. The van der Waals surface area contributed by atoms with Gasteiger partial charge in [-0.1, -0.05) is 19.1 Å². The molecule has 1 unspecified atom stereocenters. The molecule has 6 nitrogen and oxygen atoms in total. The van der Waals surface area contributed by atoms with E-state index >= 15 is 0 Å². The molecule has 0 amide bonds. The van der Waals surface area contributed by atoms with Crippen molar-refractivity contribution in [1.82, 2.24) is 4.72 Å². The summed E-state index contributed by atoms with van der Waals surface area (Å²) in [5, 5.41) is 8.99. The van der Waals surface area contributed by atoms with E-state index in [2.05, 4.69) is 4.72 Å².